The highest BCUT2D eigenvalue weighted by molar-refractivity contribution is 5.82. The van der Waals surface area contributed by atoms with E-state index in [9.17, 15) is 4.79 Å². The molecule has 0 aliphatic rings. The molecule has 1 N–H and O–H groups in total. The molecule has 1 aromatic heterocycles. The number of Topliss-reactive ketones (excluding diaryl/α,β-unsaturated/α-hetero) is 1. The van der Waals surface area contributed by atoms with Crippen molar-refractivity contribution in [3.8, 4) is 0 Å². The summed E-state index contributed by atoms with van der Waals surface area (Å²) >= 11 is 0. The fourth-order valence-electron chi connectivity index (χ4n) is 2.24. The van der Waals surface area contributed by atoms with Gasteiger partial charge in [-0.05, 0) is 30.5 Å². The summed E-state index contributed by atoms with van der Waals surface area (Å²) in [5.41, 5.74) is 3.35. The summed E-state index contributed by atoms with van der Waals surface area (Å²) in [6, 6.07) is 6.36. The number of carbonyl (C=O) groups is 1. The summed E-state index contributed by atoms with van der Waals surface area (Å²) in [4.78, 5) is 19.2. The van der Waals surface area contributed by atoms with Crippen molar-refractivity contribution < 1.29 is 4.79 Å². The van der Waals surface area contributed by atoms with Gasteiger partial charge in [0.25, 0.3) is 0 Å². The van der Waals surface area contributed by atoms with Crippen LogP contribution in [0.3, 0.4) is 0 Å². The molecule has 102 valence electrons. The predicted octanol–water partition coefficient (Wildman–Crippen LogP) is 3.82. The lowest BCUT2D eigenvalue weighted by atomic mass is 10.1. The van der Waals surface area contributed by atoms with Crippen molar-refractivity contribution in [3.63, 3.8) is 0 Å². The van der Waals surface area contributed by atoms with Gasteiger partial charge in [0.05, 0.1) is 17.5 Å². The molecular weight excluding hydrogens is 236 g/mol. The van der Waals surface area contributed by atoms with Crippen molar-refractivity contribution in [3.05, 3.63) is 29.6 Å². The van der Waals surface area contributed by atoms with Gasteiger partial charge >= 0.3 is 0 Å². The molecule has 0 unspecified atom stereocenters. The largest absolute Gasteiger partial charge is 0.342 e. The maximum absolute atomic E-state index is 11.4. The molecule has 2 rings (SSSR count). The van der Waals surface area contributed by atoms with E-state index in [1.54, 1.807) is 0 Å². The Kier molecular flexibility index (Phi) is 4.72. The van der Waals surface area contributed by atoms with Gasteiger partial charge in [-0.1, -0.05) is 32.8 Å². The molecule has 1 aromatic carbocycles. The summed E-state index contributed by atoms with van der Waals surface area (Å²) in [6.45, 7) is 4.10. The maximum atomic E-state index is 11.4. The van der Waals surface area contributed by atoms with Gasteiger partial charge in [0, 0.05) is 6.42 Å². The average Bonchev–Trinajstić information content (AvgIpc) is 2.80. The van der Waals surface area contributed by atoms with Crippen LogP contribution >= 0.6 is 0 Å². The first-order valence-corrected chi connectivity index (χ1v) is 7.22. The van der Waals surface area contributed by atoms with E-state index in [2.05, 4.69) is 29.0 Å². The highest BCUT2D eigenvalue weighted by atomic mass is 16.1. The van der Waals surface area contributed by atoms with Gasteiger partial charge in [0.1, 0.15) is 11.6 Å². The number of benzene rings is 1. The van der Waals surface area contributed by atoms with Crippen molar-refractivity contribution >= 4 is 16.8 Å². The Labute approximate surface area is 114 Å². The number of rotatable bonds is 7. The van der Waals surface area contributed by atoms with E-state index >= 15 is 0 Å². The number of hydrogen-bond donors (Lipinski definition) is 1. The second kappa shape index (κ2) is 6.50. The van der Waals surface area contributed by atoms with Gasteiger partial charge in [-0.3, -0.25) is 4.79 Å². The van der Waals surface area contributed by atoms with Crippen LogP contribution in [0.25, 0.3) is 11.0 Å². The molecule has 0 spiro atoms. The maximum Gasteiger partial charge on any atom is 0.140 e. The number of ketones is 1. The van der Waals surface area contributed by atoms with E-state index in [1.807, 2.05) is 13.0 Å². The van der Waals surface area contributed by atoms with Gasteiger partial charge in [0.2, 0.25) is 0 Å². The van der Waals surface area contributed by atoms with Crippen LogP contribution in [0.4, 0.5) is 0 Å². The second-order valence-corrected chi connectivity index (χ2v) is 5.06. The molecule has 19 heavy (non-hydrogen) atoms. The van der Waals surface area contributed by atoms with Crippen LogP contribution in [-0.4, -0.2) is 15.8 Å². The van der Waals surface area contributed by atoms with Crippen LogP contribution in [0.5, 0.6) is 0 Å². The normalized spacial score (nSPS) is 11.1. The van der Waals surface area contributed by atoms with Crippen molar-refractivity contribution in [2.75, 3.05) is 0 Å². The molecule has 0 saturated carbocycles. The van der Waals surface area contributed by atoms with E-state index in [0.29, 0.717) is 12.8 Å². The molecular formula is C16H22N2O. The van der Waals surface area contributed by atoms with Gasteiger partial charge in [-0.25, -0.2) is 4.98 Å². The molecule has 0 saturated heterocycles. The van der Waals surface area contributed by atoms with E-state index in [1.165, 1.54) is 24.8 Å². The molecule has 2 aromatic rings. The van der Waals surface area contributed by atoms with E-state index in [0.717, 1.165) is 23.3 Å². The Balaban J connectivity index is 2.11. The van der Waals surface area contributed by atoms with Gasteiger partial charge in [0.15, 0.2) is 0 Å². The van der Waals surface area contributed by atoms with Crippen molar-refractivity contribution in [2.45, 2.75) is 52.4 Å². The Morgan fingerprint density at radius 2 is 2.11 bits per heavy atom. The summed E-state index contributed by atoms with van der Waals surface area (Å²) < 4.78 is 0. The van der Waals surface area contributed by atoms with Gasteiger partial charge in [-0.2, -0.15) is 0 Å². The third-order valence-corrected chi connectivity index (χ3v) is 3.42. The van der Waals surface area contributed by atoms with Crippen molar-refractivity contribution in [2.24, 2.45) is 0 Å². The molecule has 0 amide bonds. The summed E-state index contributed by atoms with van der Waals surface area (Å²) in [5, 5.41) is 0. The molecule has 3 nitrogen and oxygen atoms in total. The number of nitrogens with zero attached hydrogens (tertiary/aromatic N) is 1. The van der Waals surface area contributed by atoms with E-state index in [-0.39, 0.29) is 5.78 Å². The molecule has 0 aliphatic heterocycles. The Bertz CT molecular complexity index is 557. The lowest BCUT2D eigenvalue weighted by Crippen LogP contribution is -2.01. The number of unbranched alkanes of at least 4 members (excludes halogenated alkanes) is 2. The fraction of sp³-hybridized carbons (Fsp3) is 0.500. The molecule has 0 bridgehead atoms. The number of carbonyl (C=O) groups excluding carboxylic acids is 1. The number of aromatic amines is 1. The molecule has 0 radical (unpaired) electrons. The third-order valence-electron chi connectivity index (χ3n) is 3.42. The first-order valence-electron chi connectivity index (χ1n) is 7.22. The third kappa shape index (κ3) is 3.66. The minimum Gasteiger partial charge on any atom is -0.342 e. The second-order valence-electron chi connectivity index (χ2n) is 5.06. The number of aryl methyl sites for hydroxylation is 1. The van der Waals surface area contributed by atoms with Gasteiger partial charge < -0.3 is 4.98 Å². The summed E-state index contributed by atoms with van der Waals surface area (Å²) in [6.07, 6.45) is 5.85. The SMILES string of the molecule is CCCCCc1ccc2nc(CC(=O)CC)[nH]c2c1. The molecule has 1 heterocycles. The number of H-pyrrole nitrogens is 1. The Morgan fingerprint density at radius 1 is 1.26 bits per heavy atom. The summed E-state index contributed by atoms with van der Waals surface area (Å²) in [5.74, 6) is 1.01. The fourth-order valence-corrected chi connectivity index (χ4v) is 2.24. The lowest BCUT2D eigenvalue weighted by Gasteiger charge is -2.00. The number of nitrogens with one attached hydrogen (secondary N) is 1. The standard InChI is InChI=1S/C16H22N2O/c1-3-5-6-7-12-8-9-14-15(10-12)18-16(17-14)11-13(19)4-2/h8-10H,3-7,11H2,1-2H3,(H,17,18). The topological polar surface area (TPSA) is 45.8 Å². The van der Waals surface area contributed by atoms with Gasteiger partial charge in [-0.15, -0.1) is 0 Å². The van der Waals surface area contributed by atoms with Crippen molar-refractivity contribution in [1.82, 2.24) is 9.97 Å². The van der Waals surface area contributed by atoms with Crippen molar-refractivity contribution in [1.29, 1.82) is 0 Å². The molecule has 3 heteroatoms. The zero-order chi connectivity index (χ0) is 13.7. The Morgan fingerprint density at radius 3 is 2.84 bits per heavy atom. The highest BCUT2D eigenvalue weighted by Crippen LogP contribution is 2.16. The molecule has 0 aliphatic carbocycles. The quantitative estimate of drug-likeness (QED) is 0.767. The number of imidazole rings is 1. The first kappa shape index (κ1) is 13.8. The van der Waals surface area contributed by atoms with E-state index < -0.39 is 0 Å². The smallest absolute Gasteiger partial charge is 0.140 e. The van der Waals surface area contributed by atoms with Crippen LogP contribution in [0.2, 0.25) is 0 Å². The van der Waals surface area contributed by atoms with Crippen LogP contribution in [0, 0.1) is 0 Å². The minimum atomic E-state index is 0.224. The van der Waals surface area contributed by atoms with E-state index in [4.69, 9.17) is 0 Å². The summed E-state index contributed by atoms with van der Waals surface area (Å²) in [7, 11) is 0. The molecule has 0 fully saturated rings. The molecule has 0 atom stereocenters. The zero-order valence-corrected chi connectivity index (χ0v) is 11.8. The van der Waals surface area contributed by atoms with Crippen LogP contribution in [0.15, 0.2) is 18.2 Å². The van der Waals surface area contributed by atoms with Crippen LogP contribution < -0.4 is 0 Å². The average molecular weight is 258 g/mol. The number of fused-ring (bicyclic) bond motifs is 1. The zero-order valence-electron chi connectivity index (χ0n) is 11.8. The lowest BCUT2D eigenvalue weighted by molar-refractivity contribution is -0.118. The van der Waals surface area contributed by atoms with Crippen LogP contribution in [0.1, 0.15) is 50.9 Å². The number of hydrogen-bond acceptors (Lipinski definition) is 2. The monoisotopic (exact) mass is 258 g/mol. The number of aromatic nitrogens is 2. The Hall–Kier alpha value is -1.64. The first-order chi connectivity index (χ1) is 9.22. The minimum absolute atomic E-state index is 0.224. The predicted molar refractivity (Wildman–Crippen MR) is 78.3 cm³/mol. The highest BCUT2D eigenvalue weighted by Gasteiger charge is 2.07. The van der Waals surface area contributed by atoms with Crippen LogP contribution in [-0.2, 0) is 17.6 Å².